The van der Waals surface area contributed by atoms with Gasteiger partial charge >= 0.3 is 5.97 Å². The largest absolute Gasteiger partial charge is 0.461 e. The summed E-state index contributed by atoms with van der Waals surface area (Å²) in [5.74, 6) is -0.226. The van der Waals surface area contributed by atoms with Gasteiger partial charge in [-0.3, -0.25) is 0 Å². The number of halogens is 1. The quantitative estimate of drug-likeness (QED) is 0.526. The highest BCUT2D eigenvalue weighted by Gasteiger charge is 2.27. The molecule has 3 heterocycles. The van der Waals surface area contributed by atoms with E-state index in [0.29, 0.717) is 29.2 Å². The summed E-state index contributed by atoms with van der Waals surface area (Å²) in [7, 11) is 0. The standard InChI is InChI=1S/C18H15FN4O2/c1-3-25-18(24)17-15-6-11-8-20-10(2)22-16(11)13-7-12(19)4-5-14(13)23(15)9-21-17/h4-5,7-9H,3,6H2,1-2H3. The van der Waals surface area contributed by atoms with Crippen molar-refractivity contribution in [3.63, 3.8) is 0 Å². The molecule has 6 nitrogen and oxygen atoms in total. The van der Waals surface area contributed by atoms with Gasteiger partial charge in [0.25, 0.3) is 0 Å². The van der Waals surface area contributed by atoms with Crippen molar-refractivity contribution in [1.29, 1.82) is 0 Å². The van der Waals surface area contributed by atoms with Crippen molar-refractivity contribution >= 4 is 5.97 Å². The molecule has 0 saturated heterocycles. The summed E-state index contributed by atoms with van der Waals surface area (Å²) in [6.45, 7) is 3.80. The van der Waals surface area contributed by atoms with E-state index in [1.807, 2.05) is 0 Å². The van der Waals surface area contributed by atoms with Crippen molar-refractivity contribution in [2.24, 2.45) is 0 Å². The molecule has 0 radical (unpaired) electrons. The number of fused-ring (bicyclic) bond motifs is 5. The van der Waals surface area contributed by atoms with Crippen LogP contribution in [0.4, 0.5) is 4.39 Å². The molecule has 4 rings (SSSR count). The normalized spacial score (nSPS) is 12.0. The minimum absolute atomic E-state index is 0.255. The van der Waals surface area contributed by atoms with Gasteiger partial charge in [0.2, 0.25) is 0 Å². The molecule has 0 bridgehead atoms. The molecule has 0 unspecified atom stereocenters. The van der Waals surface area contributed by atoms with Crippen LogP contribution in [0.25, 0.3) is 16.9 Å². The number of carbonyl (C=O) groups is 1. The summed E-state index contributed by atoms with van der Waals surface area (Å²) in [6.07, 6.45) is 3.68. The maximum atomic E-state index is 13.9. The van der Waals surface area contributed by atoms with E-state index < -0.39 is 5.97 Å². The van der Waals surface area contributed by atoms with E-state index in [1.54, 1.807) is 37.0 Å². The van der Waals surface area contributed by atoms with Gasteiger partial charge in [-0.15, -0.1) is 0 Å². The molecule has 0 N–H and O–H groups in total. The fourth-order valence-corrected chi connectivity index (χ4v) is 3.07. The van der Waals surface area contributed by atoms with E-state index in [9.17, 15) is 9.18 Å². The summed E-state index contributed by atoms with van der Waals surface area (Å²) >= 11 is 0. The van der Waals surface area contributed by atoms with E-state index in [-0.39, 0.29) is 18.1 Å². The Morgan fingerprint density at radius 3 is 3.00 bits per heavy atom. The lowest BCUT2D eigenvalue weighted by Crippen LogP contribution is -2.10. The van der Waals surface area contributed by atoms with Gasteiger partial charge in [0.15, 0.2) is 5.69 Å². The molecular formula is C18H15FN4O2. The van der Waals surface area contributed by atoms with Gasteiger partial charge < -0.3 is 9.30 Å². The van der Waals surface area contributed by atoms with Crippen LogP contribution < -0.4 is 0 Å². The first kappa shape index (κ1) is 15.4. The zero-order valence-corrected chi connectivity index (χ0v) is 13.8. The number of rotatable bonds is 2. The molecule has 0 fully saturated rings. The molecule has 7 heteroatoms. The van der Waals surface area contributed by atoms with E-state index >= 15 is 0 Å². The van der Waals surface area contributed by atoms with Crippen LogP contribution in [0.1, 0.15) is 34.5 Å². The lowest BCUT2D eigenvalue weighted by molar-refractivity contribution is 0.0519. The minimum atomic E-state index is -0.476. The predicted octanol–water partition coefficient (Wildman–Crippen LogP) is 2.86. The van der Waals surface area contributed by atoms with Gasteiger partial charge in [-0.2, -0.15) is 0 Å². The Hall–Kier alpha value is -3.09. The van der Waals surface area contributed by atoms with E-state index in [2.05, 4.69) is 15.0 Å². The van der Waals surface area contributed by atoms with Crippen LogP contribution in [-0.4, -0.2) is 32.1 Å². The second kappa shape index (κ2) is 5.77. The van der Waals surface area contributed by atoms with Crippen LogP contribution in [0.5, 0.6) is 0 Å². The first-order valence-electron chi connectivity index (χ1n) is 7.94. The maximum Gasteiger partial charge on any atom is 0.358 e. The molecule has 2 aromatic heterocycles. The maximum absolute atomic E-state index is 13.9. The van der Waals surface area contributed by atoms with Crippen molar-refractivity contribution in [3.05, 3.63) is 59.3 Å². The van der Waals surface area contributed by atoms with Crippen LogP contribution in [0.2, 0.25) is 0 Å². The topological polar surface area (TPSA) is 69.9 Å². The van der Waals surface area contributed by atoms with Crippen molar-refractivity contribution in [2.45, 2.75) is 20.3 Å². The lowest BCUT2D eigenvalue weighted by Gasteiger charge is -2.10. The lowest BCUT2D eigenvalue weighted by atomic mass is 10.0. The molecule has 0 aliphatic carbocycles. The molecule has 0 spiro atoms. The molecule has 3 aromatic rings. The Bertz CT molecular complexity index is 997. The van der Waals surface area contributed by atoms with Gasteiger partial charge in [-0.25, -0.2) is 24.1 Å². The highest BCUT2D eigenvalue weighted by molar-refractivity contribution is 5.89. The second-order valence-electron chi connectivity index (χ2n) is 5.76. The number of aromatic nitrogens is 4. The SMILES string of the molecule is CCOC(=O)c1ncn2c1Cc1cnc(C)nc1-c1cc(F)ccc1-2. The Balaban J connectivity index is 2.00. The van der Waals surface area contributed by atoms with Crippen LogP contribution in [0.3, 0.4) is 0 Å². The third kappa shape index (κ3) is 2.48. The van der Waals surface area contributed by atoms with Gasteiger partial charge in [0.05, 0.1) is 23.7 Å². The Kier molecular flexibility index (Phi) is 3.56. The molecule has 0 atom stereocenters. The Morgan fingerprint density at radius 1 is 1.36 bits per heavy atom. The zero-order valence-electron chi connectivity index (χ0n) is 13.8. The highest BCUT2D eigenvalue weighted by Crippen LogP contribution is 2.35. The Morgan fingerprint density at radius 2 is 2.20 bits per heavy atom. The molecule has 1 aliphatic rings. The third-order valence-corrected chi connectivity index (χ3v) is 4.15. The summed E-state index contributed by atoms with van der Waals surface area (Å²) in [5.41, 5.74) is 3.77. The molecule has 1 aromatic carbocycles. The number of nitrogens with zero attached hydrogens (tertiary/aromatic N) is 4. The monoisotopic (exact) mass is 338 g/mol. The second-order valence-corrected chi connectivity index (χ2v) is 5.76. The van der Waals surface area contributed by atoms with Crippen LogP contribution >= 0.6 is 0 Å². The number of carbonyl (C=O) groups excluding carboxylic acids is 1. The fourth-order valence-electron chi connectivity index (χ4n) is 3.07. The number of ether oxygens (including phenoxy) is 1. The number of aryl methyl sites for hydroxylation is 1. The van der Waals surface area contributed by atoms with Crippen LogP contribution in [-0.2, 0) is 11.2 Å². The van der Waals surface area contributed by atoms with Gasteiger partial charge in [-0.1, -0.05) is 0 Å². The zero-order chi connectivity index (χ0) is 17.6. The van der Waals surface area contributed by atoms with Crippen LogP contribution in [0, 0.1) is 12.7 Å². The first-order chi connectivity index (χ1) is 12.1. The van der Waals surface area contributed by atoms with E-state index in [0.717, 1.165) is 11.3 Å². The minimum Gasteiger partial charge on any atom is -0.461 e. The summed E-state index contributed by atoms with van der Waals surface area (Å²) < 4.78 is 20.8. The van der Waals surface area contributed by atoms with Crippen LogP contribution in [0.15, 0.2) is 30.7 Å². The summed E-state index contributed by atoms with van der Waals surface area (Å²) in [4.78, 5) is 25.2. The summed E-state index contributed by atoms with van der Waals surface area (Å²) in [6, 6.07) is 4.49. The van der Waals surface area contributed by atoms with Crippen molar-refractivity contribution in [2.75, 3.05) is 6.61 Å². The number of hydrogen-bond donors (Lipinski definition) is 0. The molecule has 25 heavy (non-hydrogen) atoms. The fraction of sp³-hybridized carbons (Fsp3) is 0.222. The smallest absolute Gasteiger partial charge is 0.358 e. The molecule has 126 valence electrons. The van der Waals surface area contributed by atoms with Gasteiger partial charge in [0, 0.05) is 23.7 Å². The first-order valence-corrected chi connectivity index (χ1v) is 7.94. The van der Waals surface area contributed by atoms with Crippen molar-refractivity contribution in [1.82, 2.24) is 19.5 Å². The van der Waals surface area contributed by atoms with E-state index in [1.165, 1.54) is 12.1 Å². The van der Waals surface area contributed by atoms with E-state index in [4.69, 9.17) is 4.74 Å². The summed E-state index contributed by atoms with van der Waals surface area (Å²) in [5, 5.41) is 0. The Labute approximate surface area is 143 Å². The number of imidazole rings is 1. The highest BCUT2D eigenvalue weighted by atomic mass is 19.1. The van der Waals surface area contributed by atoms with Crippen molar-refractivity contribution < 1.29 is 13.9 Å². The van der Waals surface area contributed by atoms with Crippen molar-refractivity contribution in [3.8, 4) is 16.9 Å². The average Bonchev–Trinajstić information content (AvgIpc) is 2.95. The number of benzene rings is 1. The van der Waals surface area contributed by atoms with Gasteiger partial charge in [-0.05, 0) is 32.0 Å². The third-order valence-electron chi connectivity index (χ3n) is 4.15. The molecule has 1 aliphatic heterocycles. The number of hydrogen-bond acceptors (Lipinski definition) is 5. The predicted molar refractivity (Wildman–Crippen MR) is 88.0 cm³/mol. The molecular weight excluding hydrogens is 323 g/mol. The number of esters is 1. The van der Waals surface area contributed by atoms with Gasteiger partial charge in [0.1, 0.15) is 18.0 Å². The molecule has 0 amide bonds. The molecule has 0 saturated carbocycles. The average molecular weight is 338 g/mol.